The molecule has 0 unspecified atom stereocenters. The molecule has 0 saturated heterocycles. The van der Waals surface area contributed by atoms with Crippen molar-refractivity contribution in [3.05, 3.63) is 32.0 Å². The van der Waals surface area contributed by atoms with Crippen LogP contribution in [0.4, 0.5) is 11.8 Å². The largest absolute Gasteiger partial charge is 0.364 e. The summed E-state index contributed by atoms with van der Waals surface area (Å²) < 4.78 is 1.07. The van der Waals surface area contributed by atoms with Gasteiger partial charge in [0.05, 0.1) is 12.7 Å². The molecule has 2 aromatic rings. The number of halogens is 2. The molecule has 0 aliphatic carbocycles. The van der Waals surface area contributed by atoms with Crippen molar-refractivity contribution in [2.45, 2.75) is 6.54 Å². The minimum atomic E-state index is 0.321. The monoisotopic (exact) mass is 333 g/mol. The van der Waals surface area contributed by atoms with E-state index in [4.69, 9.17) is 17.4 Å². The maximum absolute atomic E-state index is 5.97. The van der Waals surface area contributed by atoms with Gasteiger partial charge in [0.2, 0.25) is 5.95 Å². The average molecular weight is 335 g/mol. The van der Waals surface area contributed by atoms with E-state index in [9.17, 15) is 0 Å². The van der Waals surface area contributed by atoms with E-state index in [-0.39, 0.29) is 0 Å². The SMILES string of the molecule is NNc1ncc(Cl)c(NCc2sccc2Br)n1. The molecule has 0 spiro atoms. The fourth-order valence-corrected chi connectivity index (χ4v) is 2.77. The molecule has 2 rings (SSSR count). The van der Waals surface area contributed by atoms with Gasteiger partial charge < -0.3 is 5.32 Å². The Hall–Kier alpha value is -0.890. The molecule has 5 nitrogen and oxygen atoms in total. The van der Waals surface area contributed by atoms with Crippen LogP contribution in [0.15, 0.2) is 22.1 Å². The van der Waals surface area contributed by atoms with Crippen LogP contribution in [0.3, 0.4) is 0 Å². The van der Waals surface area contributed by atoms with Gasteiger partial charge in [-0.1, -0.05) is 11.6 Å². The summed E-state index contributed by atoms with van der Waals surface area (Å²) in [5.41, 5.74) is 2.37. The van der Waals surface area contributed by atoms with Crippen LogP contribution in [-0.2, 0) is 6.54 Å². The Balaban J connectivity index is 2.11. The lowest BCUT2D eigenvalue weighted by Crippen LogP contribution is -2.12. The summed E-state index contributed by atoms with van der Waals surface area (Å²) in [4.78, 5) is 9.18. The van der Waals surface area contributed by atoms with Crippen molar-refractivity contribution >= 4 is 50.6 Å². The van der Waals surface area contributed by atoms with Crippen LogP contribution in [0.5, 0.6) is 0 Å². The number of hydrogen-bond acceptors (Lipinski definition) is 6. The summed E-state index contributed by atoms with van der Waals surface area (Å²) in [6.07, 6.45) is 1.50. The Kier molecular flexibility index (Phi) is 4.16. The van der Waals surface area contributed by atoms with Crippen molar-refractivity contribution in [3.8, 4) is 0 Å². The molecule has 0 aliphatic rings. The summed E-state index contributed by atoms with van der Waals surface area (Å²) >= 11 is 11.1. The van der Waals surface area contributed by atoms with Gasteiger partial charge in [-0.2, -0.15) is 4.98 Å². The second kappa shape index (κ2) is 5.63. The van der Waals surface area contributed by atoms with Gasteiger partial charge in [0.15, 0.2) is 5.82 Å². The number of hydrogen-bond donors (Lipinski definition) is 3. The number of anilines is 2. The van der Waals surface area contributed by atoms with E-state index in [1.165, 1.54) is 11.1 Å². The van der Waals surface area contributed by atoms with Crippen molar-refractivity contribution in [1.29, 1.82) is 0 Å². The number of nitrogen functional groups attached to an aromatic ring is 1. The Bertz CT molecular complexity index is 518. The first-order chi connectivity index (χ1) is 8.20. The third kappa shape index (κ3) is 3.06. The van der Waals surface area contributed by atoms with Crippen molar-refractivity contribution < 1.29 is 0 Å². The first-order valence-electron chi connectivity index (χ1n) is 4.65. The molecule has 4 N–H and O–H groups in total. The van der Waals surface area contributed by atoms with Gasteiger partial charge in [0.25, 0.3) is 0 Å². The van der Waals surface area contributed by atoms with E-state index in [2.05, 4.69) is 36.6 Å². The minimum absolute atomic E-state index is 0.321. The highest BCUT2D eigenvalue weighted by Crippen LogP contribution is 2.25. The van der Waals surface area contributed by atoms with Crippen LogP contribution in [-0.4, -0.2) is 9.97 Å². The zero-order valence-electron chi connectivity index (χ0n) is 8.58. The highest BCUT2D eigenvalue weighted by Gasteiger charge is 2.06. The van der Waals surface area contributed by atoms with Crippen molar-refractivity contribution in [1.82, 2.24) is 9.97 Å². The maximum atomic E-state index is 5.97. The van der Waals surface area contributed by atoms with Crippen molar-refractivity contribution in [3.63, 3.8) is 0 Å². The molecule has 8 heteroatoms. The molecule has 0 aliphatic heterocycles. The highest BCUT2D eigenvalue weighted by atomic mass is 79.9. The van der Waals surface area contributed by atoms with E-state index in [0.717, 1.165) is 4.47 Å². The molecule has 0 bridgehead atoms. The predicted octanol–water partition coefficient (Wildman–Crippen LogP) is 2.85. The topological polar surface area (TPSA) is 75.9 Å². The fraction of sp³-hybridized carbons (Fsp3) is 0.111. The van der Waals surface area contributed by atoms with E-state index < -0.39 is 0 Å². The number of nitrogens with one attached hydrogen (secondary N) is 2. The zero-order chi connectivity index (χ0) is 12.3. The normalized spacial score (nSPS) is 10.3. The summed E-state index contributed by atoms with van der Waals surface area (Å²) in [6.45, 7) is 0.638. The third-order valence-corrected chi connectivity index (χ3v) is 4.18. The molecule has 2 heterocycles. The number of aromatic nitrogens is 2. The van der Waals surface area contributed by atoms with Gasteiger partial charge in [-0.3, -0.25) is 5.43 Å². The standard InChI is InChI=1S/C9H9BrClN5S/c10-5-1-2-17-7(5)4-13-8-6(11)3-14-9(15-8)16-12/h1-3H,4,12H2,(H2,13,14,15,16). The minimum Gasteiger partial charge on any atom is -0.364 e. The summed E-state index contributed by atoms with van der Waals surface area (Å²) in [7, 11) is 0. The molecule has 0 radical (unpaired) electrons. The third-order valence-electron chi connectivity index (χ3n) is 1.98. The van der Waals surface area contributed by atoms with Gasteiger partial charge in [0, 0.05) is 9.35 Å². The second-order valence-corrected chi connectivity index (χ2v) is 5.34. The molecule has 0 fully saturated rings. The molecule has 2 aromatic heterocycles. The van der Waals surface area contributed by atoms with Gasteiger partial charge in [0.1, 0.15) is 5.02 Å². The quantitative estimate of drug-likeness (QED) is 0.592. The number of rotatable bonds is 4. The smallest absolute Gasteiger partial charge is 0.239 e. The predicted molar refractivity (Wildman–Crippen MR) is 74.2 cm³/mol. The molecule has 17 heavy (non-hydrogen) atoms. The number of nitrogens with two attached hydrogens (primary N) is 1. The molecule has 0 amide bonds. The molecular formula is C9H9BrClN5S. The van der Waals surface area contributed by atoms with Gasteiger partial charge in [-0.25, -0.2) is 10.8 Å². The molecule has 90 valence electrons. The summed E-state index contributed by atoms with van der Waals surface area (Å²) in [6, 6.07) is 2.00. The summed E-state index contributed by atoms with van der Waals surface area (Å²) in [5.74, 6) is 6.10. The van der Waals surface area contributed by atoms with Crippen LogP contribution in [0.1, 0.15) is 4.88 Å². The lowest BCUT2D eigenvalue weighted by atomic mass is 10.4. The van der Waals surface area contributed by atoms with Gasteiger partial charge in [-0.15, -0.1) is 11.3 Å². The number of nitrogens with zero attached hydrogens (tertiary/aromatic N) is 2. The average Bonchev–Trinajstić information content (AvgIpc) is 2.74. The van der Waals surface area contributed by atoms with Crippen molar-refractivity contribution in [2.75, 3.05) is 10.7 Å². The first-order valence-corrected chi connectivity index (χ1v) is 6.70. The van der Waals surface area contributed by atoms with Gasteiger partial charge >= 0.3 is 0 Å². The van der Waals surface area contributed by atoms with Crippen molar-refractivity contribution in [2.24, 2.45) is 5.84 Å². The second-order valence-electron chi connectivity index (χ2n) is 3.08. The fourth-order valence-electron chi connectivity index (χ4n) is 1.18. The van der Waals surface area contributed by atoms with E-state index in [1.54, 1.807) is 11.3 Å². The van der Waals surface area contributed by atoms with Crippen LogP contribution in [0, 0.1) is 0 Å². The summed E-state index contributed by atoms with van der Waals surface area (Å²) in [5, 5.41) is 5.60. The van der Waals surface area contributed by atoms with Crippen LogP contribution in [0.25, 0.3) is 0 Å². The highest BCUT2D eigenvalue weighted by molar-refractivity contribution is 9.10. The molecule has 0 saturated carbocycles. The van der Waals surface area contributed by atoms with E-state index >= 15 is 0 Å². The molecule has 0 aromatic carbocycles. The van der Waals surface area contributed by atoms with Crippen LogP contribution >= 0.6 is 38.9 Å². The number of thiophene rings is 1. The van der Waals surface area contributed by atoms with E-state index in [0.29, 0.717) is 23.3 Å². The molecule has 0 atom stereocenters. The Labute approximate surface area is 116 Å². The van der Waals surface area contributed by atoms with Gasteiger partial charge in [-0.05, 0) is 27.4 Å². The zero-order valence-corrected chi connectivity index (χ0v) is 11.7. The molecular weight excluding hydrogens is 326 g/mol. The van der Waals surface area contributed by atoms with E-state index in [1.807, 2.05) is 11.4 Å². The first kappa shape index (κ1) is 12.6. The van der Waals surface area contributed by atoms with Crippen LogP contribution < -0.4 is 16.6 Å². The Morgan fingerprint density at radius 1 is 1.53 bits per heavy atom. The lowest BCUT2D eigenvalue weighted by molar-refractivity contribution is 1.08. The lowest BCUT2D eigenvalue weighted by Gasteiger charge is -2.07. The maximum Gasteiger partial charge on any atom is 0.239 e. The van der Waals surface area contributed by atoms with Crippen LogP contribution in [0.2, 0.25) is 5.02 Å². The Morgan fingerprint density at radius 3 is 3.00 bits per heavy atom. The Morgan fingerprint density at radius 2 is 2.35 bits per heavy atom. The number of hydrazine groups is 1.